The van der Waals surface area contributed by atoms with Gasteiger partial charge in [0.15, 0.2) is 0 Å². The van der Waals surface area contributed by atoms with Crippen LogP contribution in [0.25, 0.3) is 5.57 Å². The van der Waals surface area contributed by atoms with E-state index in [1.54, 1.807) is 0 Å². The Labute approximate surface area is 96.9 Å². The molecule has 0 fully saturated rings. The Hall–Kier alpha value is -1.57. The zero-order valence-electron chi connectivity index (χ0n) is 10.1. The highest BCUT2D eigenvalue weighted by Gasteiger charge is 2.15. The first kappa shape index (κ1) is 12.5. The van der Waals surface area contributed by atoms with Gasteiger partial charge in [0, 0.05) is 0 Å². The fourth-order valence-corrected chi connectivity index (χ4v) is 1.67. The highest BCUT2D eigenvalue weighted by molar-refractivity contribution is 5.76. The quantitative estimate of drug-likeness (QED) is 0.725. The first-order chi connectivity index (χ1) is 7.69. The molecule has 0 amide bonds. The molecule has 0 radical (unpaired) electrons. The minimum Gasteiger partial charge on any atom is -0.469 e. The van der Waals surface area contributed by atoms with Crippen LogP contribution in [0.3, 0.4) is 0 Å². The van der Waals surface area contributed by atoms with E-state index in [1.165, 1.54) is 18.2 Å². The van der Waals surface area contributed by atoms with Gasteiger partial charge in [-0.2, -0.15) is 0 Å². The van der Waals surface area contributed by atoms with E-state index < -0.39 is 0 Å². The second-order valence-corrected chi connectivity index (χ2v) is 3.81. The topological polar surface area (TPSA) is 26.3 Å². The summed E-state index contributed by atoms with van der Waals surface area (Å²) in [5, 5.41) is 0. The first-order valence-electron chi connectivity index (χ1n) is 5.47. The molecule has 0 aromatic heterocycles. The number of hydrogen-bond donors (Lipinski definition) is 0. The summed E-state index contributed by atoms with van der Waals surface area (Å²) >= 11 is 0. The van der Waals surface area contributed by atoms with Crippen molar-refractivity contribution in [1.29, 1.82) is 0 Å². The van der Waals surface area contributed by atoms with Crippen LogP contribution in [-0.4, -0.2) is 13.1 Å². The van der Waals surface area contributed by atoms with Crippen molar-refractivity contribution in [3.05, 3.63) is 42.0 Å². The Morgan fingerprint density at radius 1 is 1.38 bits per heavy atom. The number of esters is 1. The van der Waals surface area contributed by atoms with Crippen molar-refractivity contribution < 1.29 is 9.53 Å². The molecule has 0 aliphatic rings. The third kappa shape index (κ3) is 3.23. The molecule has 1 aromatic rings. The fraction of sp³-hybridized carbons (Fsp3) is 0.357. The molecule has 0 N–H and O–H groups in total. The van der Waals surface area contributed by atoms with Gasteiger partial charge >= 0.3 is 5.97 Å². The van der Waals surface area contributed by atoms with Gasteiger partial charge in [-0.05, 0) is 24.5 Å². The van der Waals surface area contributed by atoms with E-state index in [2.05, 4.69) is 18.2 Å². The van der Waals surface area contributed by atoms with Crippen molar-refractivity contribution in [1.82, 2.24) is 0 Å². The van der Waals surface area contributed by atoms with Crippen molar-refractivity contribution in [2.24, 2.45) is 5.92 Å². The van der Waals surface area contributed by atoms with Gasteiger partial charge in [-0.25, -0.2) is 0 Å². The standard InChI is InChI=1S/C14H18O2/c1-4-12(10-11(2)14(15)16-3)13-8-6-5-7-9-13/h4-9,11H,10H2,1-3H3/b12-4-. The molecular weight excluding hydrogens is 200 g/mol. The maximum Gasteiger partial charge on any atom is 0.308 e. The van der Waals surface area contributed by atoms with Crippen LogP contribution in [0.5, 0.6) is 0 Å². The van der Waals surface area contributed by atoms with Gasteiger partial charge in [0.05, 0.1) is 13.0 Å². The number of methoxy groups -OCH3 is 1. The number of carbonyl (C=O) groups excluding carboxylic acids is 1. The lowest BCUT2D eigenvalue weighted by atomic mass is 9.95. The minimum atomic E-state index is -0.157. The van der Waals surface area contributed by atoms with Crippen molar-refractivity contribution in [2.45, 2.75) is 20.3 Å². The van der Waals surface area contributed by atoms with Gasteiger partial charge in [0.2, 0.25) is 0 Å². The smallest absolute Gasteiger partial charge is 0.308 e. The summed E-state index contributed by atoms with van der Waals surface area (Å²) in [7, 11) is 1.43. The minimum absolute atomic E-state index is 0.101. The van der Waals surface area contributed by atoms with Crippen LogP contribution in [0, 0.1) is 5.92 Å². The van der Waals surface area contributed by atoms with E-state index in [0.29, 0.717) is 6.42 Å². The molecule has 86 valence electrons. The molecule has 0 saturated heterocycles. The Balaban J connectivity index is 2.75. The summed E-state index contributed by atoms with van der Waals surface area (Å²) in [4.78, 5) is 11.3. The average molecular weight is 218 g/mol. The zero-order chi connectivity index (χ0) is 12.0. The molecule has 16 heavy (non-hydrogen) atoms. The monoisotopic (exact) mass is 218 g/mol. The molecule has 1 rings (SSSR count). The SMILES string of the molecule is C/C=C(/CC(C)C(=O)OC)c1ccccc1. The van der Waals surface area contributed by atoms with Gasteiger partial charge < -0.3 is 4.74 Å². The van der Waals surface area contributed by atoms with Gasteiger partial charge in [-0.1, -0.05) is 43.3 Å². The molecule has 2 heteroatoms. The summed E-state index contributed by atoms with van der Waals surface area (Å²) in [6.07, 6.45) is 2.77. The van der Waals surface area contributed by atoms with Crippen LogP contribution >= 0.6 is 0 Å². The van der Waals surface area contributed by atoms with Crippen LogP contribution in [-0.2, 0) is 9.53 Å². The summed E-state index contributed by atoms with van der Waals surface area (Å²) in [6.45, 7) is 3.88. The molecular formula is C14H18O2. The predicted octanol–water partition coefficient (Wildman–Crippen LogP) is 3.29. The lowest BCUT2D eigenvalue weighted by Crippen LogP contribution is -2.13. The maximum absolute atomic E-state index is 11.3. The second kappa shape index (κ2) is 6.11. The normalized spacial score (nSPS) is 13.3. The van der Waals surface area contributed by atoms with Crippen LogP contribution in [0.2, 0.25) is 0 Å². The lowest BCUT2D eigenvalue weighted by molar-refractivity contribution is -0.144. The largest absolute Gasteiger partial charge is 0.469 e. The van der Waals surface area contributed by atoms with E-state index in [-0.39, 0.29) is 11.9 Å². The van der Waals surface area contributed by atoms with Crippen LogP contribution in [0.1, 0.15) is 25.8 Å². The summed E-state index contributed by atoms with van der Waals surface area (Å²) in [6, 6.07) is 10.1. The molecule has 1 unspecified atom stereocenters. The lowest BCUT2D eigenvalue weighted by Gasteiger charge is -2.12. The van der Waals surface area contributed by atoms with E-state index >= 15 is 0 Å². The number of rotatable bonds is 4. The predicted molar refractivity (Wildman–Crippen MR) is 65.9 cm³/mol. The fourth-order valence-electron chi connectivity index (χ4n) is 1.67. The number of carbonyl (C=O) groups is 1. The van der Waals surface area contributed by atoms with Crippen LogP contribution < -0.4 is 0 Å². The number of hydrogen-bond acceptors (Lipinski definition) is 2. The molecule has 0 spiro atoms. The molecule has 0 aliphatic carbocycles. The Bertz CT molecular complexity index is 366. The van der Waals surface area contributed by atoms with Crippen LogP contribution in [0.15, 0.2) is 36.4 Å². The van der Waals surface area contributed by atoms with E-state index in [9.17, 15) is 4.79 Å². The molecule has 2 nitrogen and oxygen atoms in total. The third-order valence-corrected chi connectivity index (χ3v) is 2.62. The van der Waals surface area contributed by atoms with Crippen molar-refractivity contribution >= 4 is 11.5 Å². The number of benzene rings is 1. The summed E-state index contributed by atoms with van der Waals surface area (Å²) in [5.74, 6) is -0.258. The summed E-state index contributed by atoms with van der Waals surface area (Å²) in [5.41, 5.74) is 2.35. The second-order valence-electron chi connectivity index (χ2n) is 3.81. The number of allylic oxidation sites excluding steroid dienone is 2. The van der Waals surface area contributed by atoms with E-state index in [1.807, 2.05) is 32.0 Å². The first-order valence-corrected chi connectivity index (χ1v) is 5.47. The van der Waals surface area contributed by atoms with E-state index in [4.69, 9.17) is 4.74 Å². The number of ether oxygens (including phenoxy) is 1. The third-order valence-electron chi connectivity index (χ3n) is 2.62. The van der Waals surface area contributed by atoms with Crippen molar-refractivity contribution in [3.63, 3.8) is 0 Å². The van der Waals surface area contributed by atoms with E-state index in [0.717, 1.165) is 0 Å². The molecule has 0 bridgehead atoms. The van der Waals surface area contributed by atoms with Gasteiger partial charge in [0.1, 0.15) is 0 Å². The Morgan fingerprint density at radius 3 is 2.50 bits per heavy atom. The molecule has 1 aromatic carbocycles. The molecule has 1 atom stereocenters. The van der Waals surface area contributed by atoms with Gasteiger partial charge in [0.25, 0.3) is 0 Å². The summed E-state index contributed by atoms with van der Waals surface area (Å²) < 4.78 is 4.73. The van der Waals surface area contributed by atoms with Crippen LogP contribution in [0.4, 0.5) is 0 Å². The Kier molecular flexibility index (Phi) is 4.77. The van der Waals surface area contributed by atoms with Crippen molar-refractivity contribution in [3.8, 4) is 0 Å². The highest BCUT2D eigenvalue weighted by atomic mass is 16.5. The average Bonchev–Trinajstić information content (AvgIpc) is 2.35. The molecule has 0 saturated carbocycles. The maximum atomic E-state index is 11.3. The zero-order valence-corrected chi connectivity index (χ0v) is 10.1. The molecule has 0 aliphatic heterocycles. The Morgan fingerprint density at radius 2 is 2.00 bits per heavy atom. The molecule has 0 heterocycles. The van der Waals surface area contributed by atoms with Crippen molar-refractivity contribution in [2.75, 3.05) is 7.11 Å². The van der Waals surface area contributed by atoms with Gasteiger partial charge in [-0.15, -0.1) is 0 Å². The highest BCUT2D eigenvalue weighted by Crippen LogP contribution is 2.22. The van der Waals surface area contributed by atoms with Gasteiger partial charge in [-0.3, -0.25) is 4.79 Å².